The summed E-state index contributed by atoms with van der Waals surface area (Å²) in [5.41, 5.74) is 0. The molecule has 0 radical (unpaired) electrons. The van der Waals surface area contributed by atoms with Crippen LogP contribution in [0.25, 0.3) is 0 Å². The predicted octanol–water partition coefficient (Wildman–Crippen LogP) is 0.399. The second-order valence-electron chi connectivity index (χ2n) is 1.44. The van der Waals surface area contributed by atoms with Crippen LogP contribution in [0.4, 0.5) is 0 Å². The van der Waals surface area contributed by atoms with Crippen LogP contribution in [0.1, 0.15) is 0 Å². The predicted molar refractivity (Wildman–Crippen MR) is 47.0 cm³/mol. The molecule has 0 unspecified atom stereocenters. The Bertz CT molecular complexity index is 150. The summed E-state index contributed by atoms with van der Waals surface area (Å²) in [6.45, 7) is 0. The number of benzene rings is 1. The van der Waals surface area contributed by atoms with E-state index in [-0.39, 0.29) is 18.9 Å². The molecule has 1 rings (SSSR count). The standard InChI is InChI=1S/C6H6.Li.H3O3P.H/c1-2-4-6-5-3-1;;1-4(2)3;/h1-6H;;4H,(H2,1,2,3);. The van der Waals surface area contributed by atoms with Crippen molar-refractivity contribution < 1.29 is 14.4 Å². The normalized spacial score (nSPS) is 7.55. The smallest absolute Gasteiger partial charge is 0.0623 e. The second-order valence-corrected chi connectivity index (χ2v) is 2.00. The molecule has 1 aromatic rings. The van der Waals surface area contributed by atoms with Gasteiger partial charge in [0.15, 0.2) is 0 Å². The summed E-state index contributed by atoms with van der Waals surface area (Å²) < 4.78 is 8.74. The summed E-state index contributed by atoms with van der Waals surface area (Å²) in [7, 11) is -3.13. The summed E-state index contributed by atoms with van der Waals surface area (Å²) in [6, 6.07) is 12.0. The molecule has 0 saturated carbocycles. The van der Waals surface area contributed by atoms with E-state index >= 15 is 0 Å². The SMILES string of the molecule is O=[PH](O)O.[LiH].c1ccccc1. The Balaban J connectivity index is 0. The van der Waals surface area contributed by atoms with Crippen molar-refractivity contribution in [3.05, 3.63) is 36.4 Å². The number of hydrogen-bond donors (Lipinski definition) is 2. The maximum Gasteiger partial charge on any atom is -0.0623 e. The number of hydrogen-bond acceptors (Lipinski definition) is 1. The minimum absolute atomic E-state index is 0. The van der Waals surface area contributed by atoms with Gasteiger partial charge in [-0.3, -0.25) is 4.57 Å². The molecule has 0 aliphatic carbocycles. The molecule has 0 aliphatic heterocycles. The van der Waals surface area contributed by atoms with Gasteiger partial charge in [-0.1, -0.05) is 36.4 Å². The Morgan fingerprint density at radius 2 is 0.909 bits per heavy atom. The van der Waals surface area contributed by atoms with Gasteiger partial charge < -0.3 is 9.79 Å². The molecule has 0 spiro atoms. The van der Waals surface area contributed by atoms with Crippen LogP contribution in [0, 0.1) is 0 Å². The van der Waals surface area contributed by atoms with Crippen molar-refractivity contribution in [1.29, 1.82) is 0 Å². The molecule has 5 heteroatoms. The van der Waals surface area contributed by atoms with Gasteiger partial charge in [0.05, 0.1) is 0 Å². The van der Waals surface area contributed by atoms with Gasteiger partial charge >= 0.3 is 27.1 Å². The van der Waals surface area contributed by atoms with E-state index in [0.29, 0.717) is 0 Å². The van der Waals surface area contributed by atoms with E-state index in [9.17, 15) is 0 Å². The van der Waals surface area contributed by atoms with Crippen molar-refractivity contribution in [3.8, 4) is 0 Å². The second kappa shape index (κ2) is 9.97. The van der Waals surface area contributed by atoms with E-state index in [1.54, 1.807) is 0 Å². The average Bonchev–Trinajstić information content (AvgIpc) is 1.90. The van der Waals surface area contributed by atoms with Crippen LogP contribution >= 0.6 is 8.25 Å². The van der Waals surface area contributed by atoms with Crippen molar-refractivity contribution in [2.75, 3.05) is 0 Å². The zero-order chi connectivity index (χ0) is 7.82. The molecule has 0 heterocycles. The molecule has 0 aliphatic rings. The molecular formula is C6H10LiO3P. The fraction of sp³-hybridized carbons (Fsp3) is 0. The molecule has 0 atom stereocenters. The molecule has 58 valence electrons. The first-order valence-corrected chi connectivity index (χ1v) is 3.95. The van der Waals surface area contributed by atoms with Gasteiger partial charge in [0.1, 0.15) is 0 Å². The Labute approximate surface area is 78.2 Å². The van der Waals surface area contributed by atoms with Gasteiger partial charge in [0.25, 0.3) is 0 Å². The maximum atomic E-state index is 8.74. The van der Waals surface area contributed by atoms with Crippen molar-refractivity contribution >= 4 is 27.1 Å². The van der Waals surface area contributed by atoms with Crippen LogP contribution in [-0.4, -0.2) is 28.6 Å². The Hall–Kier alpha value is -0.0326. The van der Waals surface area contributed by atoms with Gasteiger partial charge in [-0.2, -0.15) is 0 Å². The third-order valence-electron chi connectivity index (χ3n) is 0.667. The molecule has 0 aromatic heterocycles. The van der Waals surface area contributed by atoms with Crippen LogP contribution in [-0.2, 0) is 4.57 Å². The van der Waals surface area contributed by atoms with Crippen molar-refractivity contribution in [3.63, 3.8) is 0 Å². The summed E-state index contributed by atoms with van der Waals surface area (Å²) in [6.07, 6.45) is 0. The monoisotopic (exact) mass is 168 g/mol. The van der Waals surface area contributed by atoms with Gasteiger partial charge in [-0.15, -0.1) is 0 Å². The third-order valence-corrected chi connectivity index (χ3v) is 0.667. The molecule has 0 saturated heterocycles. The topological polar surface area (TPSA) is 57.5 Å². The first kappa shape index (κ1) is 13.5. The first-order chi connectivity index (χ1) is 4.73. The summed E-state index contributed by atoms with van der Waals surface area (Å²) in [4.78, 5) is 14.3. The first-order valence-electron chi connectivity index (χ1n) is 2.65. The van der Waals surface area contributed by atoms with Crippen LogP contribution in [0.3, 0.4) is 0 Å². The number of rotatable bonds is 0. The van der Waals surface area contributed by atoms with E-state index < -0.39 is 8.25 Å². The fourth-order valence-electron chi connectivity index (χ4n) is 0.385. The molecular weight excluding hydrogens is 158 g/mol. The van der Waals surface area contributed by atoms with Crippen LogP contribution in [0.2, 0.25) is 0 Å². The molecule has 0 amide bonds. The summed E-state index contributed by atoms with van der Waals surface area (Å²) in [5.74, 6) is 0. The largest absolute Gasteiger partial charge is 0.0623 e. The van der Waals surface area contributed by atoms with Gasteiger partial charge in [-0.25, -0.2) is 0 Å². The van der Waals surface area contributed by atoms with E-state index in [4.69, 9.17) is 14.4 Å². The van der Waals surface area contributed by atoms with Gasteiger partial charge in [0.2, 0.25) is 0 Å². The Morgan fingerprint density at radius 1 is 0.818 bits per heavy atom. The van der Waals surface area contributed by atoms with E-state index in [1.807, 2.05) is 36.4 Å². The van der Waals surface area contributed by atoms with Crippen molar-refractivity contribution in [2.24, 2.45) is 0 Å². The van der Waals surface area contributed by atoms with Crippen molar-refractivity contribution in [1.82, 2.24) is 0 Å². The maximum absolute atomic E-state index is 8.74. The summed E-state index contributed by atoms with van der Waals surface area (Å²) >= 11 is 0. The average molecular weight is 168 g/mol. The van der Waals surface area contributed by atoms with Crippen LogP contribution in [0.5, 0.6) is 0 Å². The molecule has 2 N–H and O–H groups in total. The van der Waals surface area contributed by atoms with Crippen molar-refractivity contribution in [2.45, 2.75) is 0 Å². The molecule has 3 nitrogen and oxygen atoms in total. The van der Waals surface area contributed by atoms with E-state index in [1.165, 1.54) is 0 Å². The van der Waals surface area contributed by atoms with Gasteiger partial charge in [-0.05, 0) is 0 Å². The third kappa shape index (κ3) is 17.8. The minimum Gasteiger partial charge on any atom is -0.0623 e. The molecule has 1 aromatic carbocycles. The fourth-order valence-corrected chi connectivity index (χ4v) is 0.385. The quantitative estimate of drug-likeness (QED) is 0.435. The van der Waals surface area contributed by atoms with Gasteiger partial charge in [0, 0.05) is 0 Å². The molecule has 0 fully saturated rings. The zero-order valence-corrected chi connectivity index (χ0v) is 6.27. The minimum atomic E-state index is -3.13. The van der Waals surface area contributed by atoms with E-state index in [0.717, 1.165) is 0 Å². The van der Waals surface area contributed by atoms with E-state index in [2.05, 4.69) is 0 Å². The Kier molecular flexibility index (Phi) is 12.3. The van der Waals surface area contributed by atoms with Crippen LogP contribution in [0.15, 0.2) is 36.4 Å². The molecule has 11 heavy (non-hydrogen) atoms. The molecule has 0 bridgehead atoms. The summed E-state index contributed by atoms with van der Waals surface area (Å²) in [5, 5.41) is 0. The Morgan fingerprint density at radius 3 is 1.00 bits per heavy atom. The van der Waals surface area contributed by atoms with Crippen LogP contribution < -0.4 is 0 Å². The zero-order valence-electron chi connectivity index (χ0n) is 5.27.